The molecule has 7 nitrogen and oxygen atoms in total. The molecule has 0 aliphatic carbocycles. The standard InChI is InChI=1S/C21H17F2N5O2/c1-12-3-4-14(7-13(12)2)18-9-19-21(30)27(24-11-28(19)26-18)10-20(29)25-17-6-5-15(22)8-16(17)23/h3-9,11H,10H2,1-2H3,(H,25,29). The number of carbonyl (C=O) groups is 1. The van der Waals surface area contributed by atoms with Crippen LogP contribution in [0.2, 0.25) is 0 Å². The number of nitrogens with one attached hydrogen (secondary N) is 1. The zero-order valence-electron chi connectivity index (χ0n) is 16.2. The first-order valence-corrected chi connectivity index (χ1v) is 9.10. The molecular weight excluding hydrogens is 392 g/mol. The van der Waals surface area contributed by atoms with Gasteiger partial charge in [0.15, 0.2) is 0 Å². The fourth-order valence-electron chi connectivity index (χ4n) is 3.01. The minimum absolute atomic E-state index is 0.183. The van der Waals surface area contributed by atoms with Gasteiger partial charge in [-0.3, -0.25) is 9.59 Å². The maximum atomic E-state index is 13.7. The third-order valence-corrected chi connectivity index (χ3v) is 4.79. The van der Waals surface area contributed by atoms with Crippen molar-refractivity contribution in [3.05, 3.63) is 81.9 Å². The quantitative estimate of drug-likeness (QED) is 0.562. The number of amides is 1. The van der Waals surface area contributed by atoms with E-state index in [0.29, 0.717) is 11.8 Å². The Hall–Kier alpha value is -3.88. The van der Waals surface area contributed by atoms with Gasteiger partial charge in [0.1, 0.15) is 30.0 Å². The van der Waals surface area contributed by atoms with Gasteiger partial charge in [0.2, 0.25) is 5.91 Å². The van der Waals surface area contributed by atoms with Crippen LogP contribution in [0, 0.1) is 25.5 Å². The van der Waals surface area contributed by atoms with Crippen molar-refractivity contribution < 1.29 is 13.6 Å². The number of rotatable bonds is 4. The highest BCUT2D eigenvalue weighted by molar-refractivity contribution is 5.90. The number of nitrogens with zero attached hydrogens (tertiary/aromatic N) is 4. The smallest absolute Gasteiger partial charge is 0.293 e. The fourth-order valence-corrected chi connectivity index (χ4v) is 3.01. The molecule has 152 valence electrons. The number of anilines is 1. The molecule has 30 heavy (non-hydrogen) atoms. The summed E-state index contributed by atoms with van der Waals surface area (Å²) in [6, 6.07) is 10.3. The first-order chi connectivity index (χ1) is 14.3. The molecule has 0 saturated heterocycles. The molecular formula is C21H17F2N5O2. The summed E-state index contributed by atoms with van der Waals surface area (Å²) in [5, 5.41) is 10.6. The molecule has 2 aromatic heterocycles. The van der Waals surface area contributed by atoms with Crippen LogP contribution in [0.1, 0.15) is 11.1 Å². The molecule has 2 aromatic carbocycles. The number of fused-ring (bicyclic) bond motifs is 1. The number of hydrogen-bond donors (Lipinski definition) is 1. The fraction of sp³-hybridized carbons (Fsp3) is 0.143. The number of benzene rings is 2. The molecule has 1 amide bonds. The lowest BCUT2D eigenvalue weighted by Gasteiger charge is -2.07. The Morgan fingerprint density at radius 2 is 1.87 bits per heavy atom. The van der Waals surface area contributed by atoms with Crippen LogP contribution >= 0.6 is 0 Å². The summed E-state index contributed by atoms with van der Waals surface area (Å²) in [6.45, 7) is 3.57. The Balaban J connectivity index is 1.61. The van der Waals surface area contributed by atoms with Gasteiger partial charge in [-0.25, -0.2) is 18.0 Å². The van der Waals surface area contributed by atoms with Crippen LogP contribution in [0.5, 0.6) is 0 Å². The normalized spacial score (nSPS) is 11.1. The van der Waals surface area contributed by atoms with Crippen LogP contribution in [0.4, 0.5) is 14.5 Å². The average Bonchev–Trinajstić information content (AvgIpc) is 3.14. The van der Waals surface area contributed by atoms with Gasteiger partial charge in [-0.1, -0.05) is 12.1 Å². The van der Waals surface area contributed by atoms with E-state index in [1.165, 1.54) is 10.8 Å². The van der Waals surface area contributed by atoms with Crippen LogP contribution in [0.15, 0.2) is 53.6 Å². The summed E-state index contributed by atoms with van der Waals surface area (Å²) >= 11 is 0. The zero-order valence-corrected chi connectivity index (χ0v) is 16.2. The monoisotopic (exact) mass is 409 g/mol. The van der Waals surface area contributed by atoms with Gasteiger partial charge in [-0.15, -0.1) is 0 Å². The zero-order chi connectivity index (χ0) is 21.4. The summed E-state index contributed by atoms with van der Waals surface area (Å²) in [7, 11) is 0. The summed E-state index contributed by atoms with van der Waals surface area (Å²) in [4.78, 5) is 24.9. The molecule has 1 N–H and O–H groups in total. The molecule has 0 radical (unpaired) electrons. The van der Waals surface area contributed by atoms with Crippen LogP contribution in [-0.2, 0) is 11.3 Å². The largest absolute Gasteiger partial charge is 0.322 e. The van der Waals surface area contributed by atoms with Crippen molar-refractivity contribution >= 4 is 17.1 Å². The first-order valence-electron chi connectivity index (χ1n) is 9.10. The predicted molar refractivity (Wildman–Crippen MR) is 107 cm³/mol. The van der Waals surface area contributed by atoms with Crippen LogP contribution in [0.3, 0.4) is 0 Å². The second-order valence-corrected chi connectivity index (χ2v) is 6.92. The van der Waals surface area contributed by atoms with Crippen molar-refractivity contribution in [2.75, 3.05) is 5.32 Å². The topological polar surface area (TPSA) is 81.3 Å². The molecule has 0 aliphatic rings. The molecule has 0 unspecified atom stereocenters. The molecule has 4 rings (SSSR count). The molecule has 0 saturated carbocycles. The van der Waals surface area contributed by atoms with E-state index in [9.17, 15) is 18.4 Å². The molecule has 9 heteroatoms. The third-order valence-electron chi connectivity index (χ3n) is 4.79. The number of hydrogen-bond acceptors (Lipinski definition) is 4. The average molecular weight is 409 g/mol. The summed E-state index contributed by atoms with van der Waals surface area (Å²) < 4.78 is 29.0. The first kappa shape index (κ1) is 19.4. The van der Waals surface area contributed by atoms with E-state index in [1.807, 2.05) is 32.0 Å². The molecule has 0 atom stereocenters. The lowest BCUT2D eigenvalue weighted by Crippen LogP contribution is -2.30. The van der Waals surface area contributed by atoms with E-state index < -0.39 is 29.6 Å². The van der Waals surface area contributed by atoms with E-state index >= 15 is 0 Å². The van der Waals surface area contributed by atoms with Crippen molar-refractivity contribution in [3.63, 3.8) is 0 Å². The van der Waals surface area contributed by atoms with E-state index in [4.69, 9.17) is 0 Å². The van der Waals surface area contributed by atoms with Gasteiger partial charge in [0.05, 0.1) is 11.4 Å². The predicted octanol–water partition coefficient (Wildman–Crippen LogP) is 3.09. The Kier molecular flexibility index (Phi) is 4.86. The van der Waals surface area contributed by atoms with Crippen LogP contribution < -0.4 is 10.9 Å². The minimum Gasteiger partial charge on any atom is -0.322 e. The van der Waals surface area contributed by atoms with Gasteiger partial charge in [-0.05, 0) is 49.2 Å². The highest BCUT2D eigenvalue weighted by atomic mass is 19.1. The molecule has 0 fully saturated rings. The summed E-state index contributed by atoms with van der Waals surface area (Å²) in [5.74, 6) is -2.34. The van der Waals surface area contributed by atoms with E-state index in [1.54, 1.807) is 6.07 Å². The van der Waals surface area contributed by atoms with Gasteiger partial charge in [0.25, 0.3) is 5.56 Å². The van der Waals surface area contributed by atoms with Gasteiger partial charge < -0.3 is 5.32 Å². The molecule has 2 heterocycles. The lowest BCUT2D eigenvalue weighted by molar-refractivity contribution is -0.117. The van der Waals surface area contributed by atoms with Gasteiger partial charge in [0, 0.05) is 11.6 Å². The molecule has 0 aliphatic heterocycles. The maximum absolute atomic E-state index is 13.7. The molecule has 4 aromatic rings. The van der Waals surface area contributed by atoms with Crippen molar-refractivity contribution in [1.29, 1.82) is 0 Å². The van der Waals surface area contributed by atoms with Crippen LogP contribution in [0.25, 0.3) is 16.8 Å². The Bertz CT molecular complexity index is 1340. The van der Waals surface area contributed by atoms with Crippen molar-refractivity contribution in [3.8, 4) is 11.3 Å². The highest BCUT2D eigenvalue weighted by Gasteiger charge is 2.14. The molecule has 0 bridgehead atoms. The Morgan fingerprint density at radius 1 is 1.07 bits per heavy atom. The highest BCUT2D eigenvalue weighted by Crippen LogP contribution is 2.21. The van der Waals surface area contributed by atoms with Gasteiger partial charge >= 0.3 is 0 Å². The van der Waals surface area contributed by atoms with E-state index in [-0.39, 0.29) is 11.2 Å². The Morgan fingerprint density at radius 3 is 2.60 bits per heavy atom. The third kappa shape index (κ3) is 3.69. The van der Waals surface area contributed by atoms with Crippen molar-refractivity contribution in [1.82, 2.24) is 19.4 Å². The van der Waals surface area contributed by atoms with Gasteiger partial charge in [-0.2, -0.15) is 10.2 Å². The number of aryl methyl sites for hydroxylation is 2. The van der Waals surface area contributed by atoms with E-state index in [0.717, 1.165) is 33.5 Å². The van der Waals surface area contributed by atoms with Crippen molar-refractivity contribution in [2.24, 2.45) is 0 Å². The SMILES string of the molecule is Cc1ccc(-c2cc3c(=O)n(CC(=O)Nc4ccc(F)cc4F)ncn3n2)cc1C. The number of aromatic nitrogens is 4. The number of halogens is 2. The second kappa shape index (κ2) is 7.51. The number of carbonyl (C=O) groups excluding carboxylic acids is 1. The summed E-state index contributed by atoms with van der Waals surface area (Å²) in [5.41, 5.74) is 3.26. The minimum atomic E-state index is -0.909. The maximum Gasteiger partial charge on any atom is 0.293 e. The second-order valence-electron chi connectivity index (χ2n) is 6.92. The van der Waals surface area contributed by atoms with Crippen LogP contribution in [-0.4, -0.2) is 25.3 Å². The lowest BCUT2D eigenvalue weighted by atomic mass is 10.0. The van der Waals surface area contributed by atoms with E-state index in [2.05, 4.69) is 15.5 Å². The Labute approximate surface area is 169 Å². The summed E-state index contributed by atoms with van der Waals surface area (Å²) in [6.07, 6.45) is 1.33. The molecule has 0 spiro atoms. The van der Waals surface area contributed by atoms with Crippen molar-refractivity contribution in [2.45, 2.75) is 20.4 Å².